The number of hydrogen-bond donors (Lipinski definition) is 1. The number of nitrogens with zero attached hydrogens (tertiary/aromatic N) is 1. The normalized spacial score (nSPS) is 17.7. The lowest BCUT2D eigenvalue weighted by Crippen LogP contribution is -2.43. The summed E-state index contributed by atoms with van der Waals surface area (Å²) < 4.78 is 32.2. The Morgan fingerprint density at radius 3 is 2.56 bits per heavy atom. The van der Waals surface area contributed by atoms with E-state index in [4.69, 9.17) is 27.9 Å². The van der Waals surface area contributed by atoms with Gasteiger partial charge in [0.15, 0.2) is 0 Å². The molecule has 2 aromatic rings. The fourth-order valence-corrected chi connectivity index (χ4v) is 4.98. The van der Waals surface area contributed by atoms with Crippen molar-refractivity contribution in [3.8, 4) is 5.75 Å². The Labute approximate surface area is 168 Å². The van der Waals surface area contributed by atoms with Crippen molar-refractivity contribution in [2.45, 2.75) is 23.8 Å². The van der Waals surface area contributed by atoms with Gasteiger partial charge in [0.2, 0.25) is 15.9 Å². The van der Waals surface area contributed by atoms with Gasteiger partial charge in [-0.15, -0.1) is 0 Å². The molecule has 1 saturated heterocycles. The lowest BCUT2D eigenvalue weighted by atomic mass is 10.2. The summed E-state index contributed by atoms with van der Waals surface area (Å²) in [6.07, 6.45) is 1.02. The largest absolute Gasteiger partial charge is 0.497 e. The van der Waals surface area contributed by atoms with Crippen LogP contribution in [0.2, 0.25) is 10.0 Å². The molecule has 1 amide bonds. The molecule has 1 aliphatic heterocycles. The number of anilines is 1. The Morgan fingerprint density at radius 2 is 1.89 bits per heavy atom. The van der Waals surface area contributed by atoms with Gasteiger partial charge in [0.25, 0.3) is 0 Å². The molecule has 144 valence electrons. The number of benzene rings is 2. The van der Waals surface area contributed by atoms with Crippen LogP contribution in [-0.4, -0.2) is 38.3 Å². The number of halogens is 2. The quantitative estimate of drug-likeness (QED) is 0.785. The summed E-state index contributed by atoms with van der Waals surface area (Å²) in [6, 6.07) is 9.97. The third-order valence-corrected chi connectivity index (χ3v) is 6.85. The van der Waals surface area contributed by atoms with E-state index in [1.165, 1.54) is 29.6 Å². The molecule has 6 nitrogen and oxygen atoms in total. The number of amides is 1. The highest BCUT2D eigenvalue weighted by atomic mass is 35.5. The van der Waals surface area contributed by atoms with Crippen LogP contribution in [0.3, 0.4) is 0 Å². The molecule has 1 atom stereocenters. The molecule has 0 aliphatic carbocycles. The Bertz CT molecular complexity index is 948. The Hall–Kier alpha value is -1.80. The standard InChI is InChI=1S/C18H18Cl2N2O4S/c1-26-13-5-7-14(8-6-13)27(24,25)22-10-2-3-17(22)18(23)21-16-11-12(19)4-9-15(16)20/h4-9,11,17H,2-3,10H2,1H3,(H,21,23)/t17-/m0/s1. The fraction of sp³-hybridized carbons (Fsp3) is 0.278. The Balaban J connectivity index is 1.83. The number of carbonyl (C=O) groups is 1. The van der Waals surface area contributed by atoms with Gasteiger partial charge in [-0.3, -0.25) is 4.79 Å². The first-order valence-corrected chi connectivity index (χ1v) is 10.4. The summed E-state index contributed by atoms with van der Waals surface area (Å²) in [5, 5.41) is 3.43. The van der Waals surface area contributed by atoms with Crippen molar-refractivity contribution in [1.29, 1.82) is 0 Å². The predicted molar refractivity (Wildman–Crippen MR) is 105 cm³/mol. The second-order valence-electron chi connectivity index (χ2n) is 6.06. The maximum atomic E-state index is 13.0. The summed E-state index contributed by atoms with van der Waals surface area (Å²) in [6.45, 7) is 0.274. The topological polar surface area (TPSA) is 75.7 Å². The van der Waals surface area contributed by atoms with E-state index in [0.717, 1.165) is 0 Å². The van der Waals surface area contributed by atoms with Crippen LogP contribution in [0.4, 0.5) is 5.69 Å². The van der Waals surface area contributed by atoms with Crippen molar-refractivity contribution in [1.82, 2.24) is 4.31 Å². The van der Waals surface area contributed by atoms with Crippen molar-refractivity contribution in [3.63, 3.8) is 0 Å². The highest BCUT2D eigenvalue weighted by Gasteiger charge is 2.39. The van der Waals surface area contributed by atoms with E-state index in [1.54, 1.807) is 24.3 Å². The van der Waals surface area contributed by atoms with E-state index in [9.17, 15) is 13.2 Å². The van der Waals surface area contributed by atoms with Crippen LogP contribution < -0.4 is 10.1 Å². The van der Waals surface area contributed by atoms with Crippen LogP contribution in [0.5, 0.6) is 5.75 Å². The monoisotopic (exact) mass is 428 g/mol. The third-order valence-electron chi connectivity index (χ3n) is 4.36. The zero-order valence-electron chi connectivity index (χ0n) is 14.5. The smallest absolute Gasteiger partial charge is 0.243 e. The molecule has 1 N–H and O–H groups in total. The average Bonchev–Trinajstić information content (AvgIpc) is 3.15. The molecule has 27 heavy (non-hydrogen) atoms. The second-order valence-corrected chi connectivity index (χ2v) is 8.80. The van der Waals surface area contributed by atoms with Crippen molar-refractivity contribution in [3.05, 3.63) is 52.5 Å². The fourth-order valence-electron chi connectivity index (χ4n) is 2.98. The molecule has 0 spiro atoms. The maximum Gasteiger partial charge on any atom is 0.243 e. The minimum atomic E-state index is -3.81. The molecular formula is C18H18Cl2N2O4S. The van der Waals surface area contributed by atoms with E-state index < -0.39 is 22.0 Å². The van der Waals surface area contributed by atoms with Gasteiger partial charge in [-0.1, -0.05) is 23.2 Å². The molecular weight excluding hydrogens is 411 g/mol. The molecule has 0 bridgehead atoms. The van der Waals surface area contributed by atoms with Gasteiger partial charge in [0, 0.05) is 11.6 Å². The lowest BCUT2D eigenvalue weighted by molar-refractivity contribution is -0.119. The van der Waals surface area contributed by atoms with Crippen LogP contribution in [-0.2, 0) is 14.8 Å². The van der Waals surface area contributed by atoms with Crippen molar-refractivity contribution in [2.75, 3.05) is 19.0 Å². The molecule has 0 radical (unpaired) electrons. The Kier molecular flexibility index (Phi) is 5.95. The molecule has 9 heteroatoms. The van der Waals surface area contributed by atoms with Crippen molar-refractivity contribution in [2.24, 2.45) is 0 Å². The average molecular weight is 429 g/mol. The number of ether oxygens (including phenoxy) is 1. The summed E-state index contributed by atoms with van der Waals surface area (Å²) in [5.41, 5.74) is 0.350. The Morgan fingerprint density at radius 1 is 1.19 bits per heavy atom. The van der Waals surface area contributed by atoms with Gasteiger partial charge in [0.1, 0.15) is 11.8 Å². The highest BCUT2D eigenvalue weighted by Crippen LogP contribution is 2.30. The van der Waals surface area contributed by atoms with E-state index >= 15 is 0 Å². The van der Waals surface area contributed by atoms with Gasteiger partial charge in [0.05, 0.1) is 22.7 Å². The first-order valence-electron chi connectivity index (χ1n) is 8.25. The van der Waals surface area contributed by atoms with Crippen LogP contribution in [0.1, 0.15) is 12.8 Å². The van der Waals surface area contributed by atoms with Crippen molar-refractivity contribution >= 4 is 44.8 Å². The van der Waals surface area contributed by atoms with Gasteiger partial charge >= 0.3 is 0 Å². The van der Waals surface area contributed by atoms with E-state index in [1.807, 2.05) is 0 Å². The SMILES string of the molecule is COc1ccc(S(=O)(=O)N2CCC[C@H]2C(=O)Nc2cc(Cl)ccc2Cl)cc1. The lowest BCUT2D eigenvalue weighted by Gasteiger charge is -2.23. The third kappa shape index (κ3) is 4.21. The van der Waals surface area contributed by atoms with Gasteiger partial charge in [-0.2, -0.15) is 4.31 Å². The number of rotatable bonds is 5. The number of nitrogens with one attached hydrogen (secondary N) is 1. The van der Waals surface area contributed by atoms with E-state index in [0.29, 0.717) is 34.3 Å². The van der Waals surface area contributed by atoms with Crippen LogP contribution in [0.15, 0.2) is 47.4 Å². The summed E-state index contributed by atoms with van der Waals surface area (Å²) in [5.74, 6) is 0.119. The maximum absolute atomic E-state index is 13.0. The van der Waals surface area contributed by atoms with E-state index in [2.05, 4.69) is 5.32 Å². The molecule has 2 aromatic carbocycles. The number of carbonyl (C=O) groups excluding carboxylic acids is 1. The highest BCUT2D eigenvalue weighted by molar-refractivity contribution is 7.89. The van der Waals surface area contributed by atoms with E-state index in [-0.39, 0.29) is 11.4 Å². The molecule has 0 aromatic heterocycles. The summed E-state index contributed by atoms with van der Waals surface area (Å²) in [4.78, 5) is 12.8. The second kappa shape index (κ2) is 8.06. The van der Waals surface area contributed by atoms with Crippen LogP contribution in [0.25, 0.3) is 0 Å². The zero-order valence-corrected chi connectivity index (χ0v) is 16.8. The first kappa shape index (κ1) is 19.9. The predicted octanol–water partition coefficient (Wildman–Crippen LogP) is 3.79. The van der Waals surface area contributed by atoms with Gasteiger partial charge in [-0.25, -0.2) is 8.42 Å². The van der Waals surface area contributed by atoms with Gasteiger partial charge in [-0.05, 0) is 55.3 Å². The molecule has 1 heterocycles. The minimum Gasteiger partial charge on any atom is -0.497 e. The zero-order chi connectivity index (χ0) is 19.6. The van der Waals surface area contributed by atoms with Crippen LogP contribution >= 0.6 is 23.2 Å². The van der Waals surface area contributed by atoms with Crippen molar-refractivity contribution < 1.29 is 17.9 Å². The number of methoxy groups -OCH3 is 1. The van der Waals surface area contributed by atoms with Crippen LogP contribution in [0, 0.1) is 0 Å². The van der Waals surface area contributed by atoms with Gasteiger partial charge < -0.3 is 10.1 Å². The molecule has 1 fully saturated rings. The summed E-state index contributed by atoms with van der Waals surface area (Å²) in [7, 11) is -2.31. The molecule has 0 unspecified atom stereocenters. The summed E-state index contributed by atoms with van der Waals surface area (Å²) >= 11 is 12.0. The number of hydrogen-bond acceptors (Lipinski definition) is 4. The molecule has 0 saturated carbocycles. The number of sulfonamides is 1. The molecule has 1 aliphatic rings. The minimum absolute atomic E-state index is 0.115. The molecule has 3 rings (SSSR count). The first-order chi connectivity index (χ1) is 12.8.